The standard InChI is InChI=1S/C11H17BrN4O2/c1-6(2)5-16-9(13)8(14-4-7(3)12)10(17)15-11(16)18/h6,14H,3-5,13H2,1-2H3,(H,15,17,18). The van der Waals surface area contributed by atoms with Gasteiger partial charge in [0.1, 0.15) is 11.5 Å². The number of aromatic amines is 1. The maximum absolute atomic E-state index is 11.7. The molecule has 0 aromatic carbocycles. The van der Waals surface area contributed by atoms with E-state index in [1.54, 1.807) is 0 Å². The SMILES string of the molecule is C=C(Br)CNc1c(N)n(CC(C)C)c(=O)[nH]c1=O. The number of aromatic nitrogens is 2. The fourth-order valence-corrected chi connectivity index (χ4v) is 1.63. The summed E-state index contributed by atoms with van der Waals surface area (Å²) in [5, 5.41) is 2.85. The Morgan fingerprint density at radius 1 is 1.56 bits per heavy atom. The van der Waals surface area contributed by atoms with Crippen molar-refractivity contribution in [2.45, 2.75) is 20.4 Å². The molecule has 0 fully saturated rings. The monoisotopic (exact) mass is 316 g/mol. The molecule has 100 valence electrons. The summed E-state index contributed by atoms with van der Waals surface area (Å²) in [7, 11) is 0. The fraction of sp³-hybridized carbons (Fsp3) is 0.455. The number of hydrogen-bond donors (Lipinski definition) is 3. The number of H-pyrrole nitrogens is 1. The highest BCUT2D eigenvalue weighted by Crippen LogP contribution is 2.13. The van der Waals surface area contributed by atoms with Crippen LogP contribution in [0, 0.1) is 5.92 Å². The van der Waals surface area contributed by atoms with Crippen molar-refractivity contribution in [2.75, 3.05) is 17.6 Å². The molecule has 0 bridgehead atoms. The first-order valence-electron chi connectivity index (χ1n) is 5.52. The Balaban J connectivity index is 3.22. The van der Waals surface area contributed by atoms with Gasteiger partial charge in [-0.2, -0.15) is 0 Å². The van der Waals surface area contributed by atoms with E-state index >= 15 is 0 Å². The summed E-state index contributed by atoms with van der Waals surface area (Å²) in [5.41, 5.74) is 5.03. The zero-order valence-electron chi connectivity index (χ0n) is 10.4. The second kappa shape index (κ2) is 5.90. The summed E-state index contributed by atoms with van der Waals surface area (Å²) < 4.78 is 2.04. The van der Waals surface area contributed by atoms with Gasteiger partial charge in [0.2, 0.25) is 0 Å². The van der Waals surface area contributed by atoms with E-state index in [4.69, 9.17) is 5.73 Å². The number of nitrogens with one attached hydrogen (secondary N) is 2. The van der Waals surface area contributed by atoms with Crippen LogP contribution in [0.25, 0.3) is 0 Å². The number of halogens is 1. The first-order chi connectivity index (χ1) is 8.32. The lowest BCUT2D eigenvalue weighted by Crippen LogP contribution is -2.35. The number of hydrogen-bond acceptors (Lipinski definition) is 4. The molecular weight excluding hydrogens is 300 g/mol. The minimum absolute atomic E-state index is 0.145. The van der Waals surface area contributed by atoms with Crippen molar-refractivity contribution in [1.29, 1.82) is 0 Å². The normalized spacial score (nSPS) is 10.7. The van der Waals surface area contributed by atoms with Gasteiger partial charge >= 0.3 is 5.69 Å². The van der Waals surface area contributed by atoms with Crippen LogP contribution < -0.4 is 22.3 Å². The predicted octanol–water partition coefficient (Wildman–Crippen LogP) is 1.10. The third-order valence-electron chi connectivity index (χ3n) is 2.24. The lowest BCUT2D eigenvalue weighted by atomic mass is 10.2. The molecule has 7 heteroatoms. The van der Waals surface area contributed by atoms with E-state index in [0.29, 0.717) is 17.6 Å². The van der Waals surface area contributed by atoms with Crippen LogP contribution in [0.4, 0.5) is 11.5 Å². The van der Waals surface area contributed by atoms with Gasteiger partial charge in [-0.15, -0.1) is 0 Å². The predicted molar refractivity (Wildman–Crippen MR) is 77.1 cm³/mol. The van der Waals surface area contributed by atoms with Crippen molar-refractivity contribution in [3.8, 4) is 0 Å². The average Bonchev–Trinajstić information content (AvgIpc) is 2.23. The Kier molecular flexibility index (Phi) is 4.77. The topological polar surface area (TPSA) is 92.9 Å². The molecule has 1 rings (SSSR count). The van der Waals surface area contributed by atoms with Gasteiger partial charge < -0.3 is 11.1 Å². The minimum atomic E-state index is -0.522. The maximum Gasteiger partial charge on any atom is 0.330 e. The number of nitrogen functional groups attached to an aromatic ring is 1. The summed E-state index contributed by atoms with van der Waals surface area (Å²) >= 11 is 3.18. The molecule has 0 spiro atoms. The molecule has 1 aromatic heterocycles. The summed E-state index contributed by atoms with van der Waals surface area (Å²) in [5.74, 6) is 0.390. The largest absolute Gasteiger partial charge is 0.383 e. The quantitative estimate of drug-likeness (QED) is 0.758. The Morgan fingerprint density at radius 3 is 2.67 bits per heavy atom. The van der Waals surface area contributed by atoms with Gasteiger partial charge in [-0.1, -0.05) is 36.4 Å². The molecule has 0 saturated carbocycles. The molecule has 0 saturated heterocycles. The highest BCUT2D eigenvalue weighted by molar-refractivity contribution is 9.11. The Bertz CT molecular complexity index is 559. The molecule has 0 unspecified atom stereocenters. The van der Waals surface area contributed by atoms with Gasteiger partial charge in [-0.05, 0) is 5.92 Å². The smallest absolute Gasteiger partial charge is 0.330 e. The van der Waals surface area contributed by atoms with E-state index in [-0.39, 0.29) is 17.4 Å². The summed E-state index contributed by atoms with van der Waals surface area (Å²) in [6.07, 6.45) is 0. The number of nitrogens with zero attached hydrogens (tertiary/aromatic N) is 1. The van der Waals surface area contributed by atoms with E-state index in [9.17, 15) is 9.59 Å². The molecule has 0 radical (unpaired) electrons. The maximum atomic E-state index is 11.7. The number of anilines is 2. The van der Waals surface area contributed by atoms with Crippen LogP contribution in [0.2, 0.25) is 0 Å². The zero-order valence-corrected chi connectivity index (χ0v) is 12.0. The van der Waals surface area contributed by atoms with Crippen LogP contribution >= 0.6 is 15.9 Å². The third kappa shape index (κ3) is 3.49. The van der Waals surface area contributed by atoms with E-state index in [1.165, 1.54) is 4.57 Å². The number of rotatable bonds is 5. The second-order valence-electron chi connectivity index (χ2n) is 4.39. The van der Waals surface area contributed by atoms with Crippen molar-refractivity contribution in [3.63, 3.8) is 0 Å². The van der Waals surface area contributed by atoms with E-state index in [0.717, 1.165) is 0 Å². The van der Waals surface area contributed by atoms with Crippen molar-refractivity contribution in [3.05, 3.63) is 31.9 Å². The highest BCUT2D eigenvalue weighted by atomic mass is 79.9. The van der Waals surface area contributed by atoms with Gasteiger partial charge in [0.15, 0.2) is 0 Å². The Labute approximate surface area is 113 Å². The van der Waals surface area contributed by atoms with Gasteiger partial charge in [0, 0.05) is 17.6 Å². The first-order valence-corrected chi connectivity index (χ1v) is 6.32. The zero-order chi connectivity index (χ0) is 13.9. The fourth-order valence-electron chi connectivity index (χ4n) is 1.49. The third-order valence-corrected chi connectivity index (χ3v) is 2.52. The molecule has 4 N–H and O–H groups in total. The number of nitrogens with two attached hydrogens (primary N) is 1. The van der Waals surface area contributed by atoms with E-state index in [2.05, 4.69) is 32.8 Å². The van der Waals surface area contributed by atoms with Crippen molar-refractivity contribution >= 4 is 27.4 Å². The second-order valence-corrected chi connectivity index (χ2v) is 5.52. The lowest BCUT2D eigenvalue weighted by Gasteiger charge is -2.15. The molecule has 1 heterocycles. The van der Waals surface area contributed by atoms with Crippen molar-refractivity contribution < 1.29 is 0 Å². The van der Waals surface area contributed by atoms with E-state index in [1.807, 2.05) is 13.8 Å². The molecule has 0 aliphatic carbocycles. The van der Waals surface area contributed by atoms with Crippen molar-refractivity contribution in [1.82, 2.24) is 9.55 Å². The van der Waals surface area contributed by atoms with Crippen LogP contribution in [0.3, 0.4) is 0 Å². The summed E-state index contributed by atoms with van der Waals surface area (Å²) in [6, 6.07) is 0. The van der Waals surface area contributed by atoms with Crippen LogP contribution in [-0.2, 0) is 6.54 Å². The lowest BCUT2D eigenvalue weighted by molar-refractivity contribution is 0.508. The molecule has 0 aliphatic heterocycles. The molecule has 18 heavy (non-hydrogen) atoms. The summed E-state index contributed by atoms with van der Waals surface area (Å²) in [4.78, 5) is 25.6. The minimum Gasteiger partial charge on any atom is -0.383 e. The molecule has 0 amide bonds. The Hall–Kier alpha value is -1.50. The highest BCUT2D eigenvalue weighted by Gasteiger charge is 2.12. The van der Waals surface area contributed by atoms with Gasteiger partial charge in [0.05, 0.1) is 0 Å². The average molecular weight is 317 g/mol. The van der Waals surface area contributed by atoms with Crippen LogP contribution in [-0.4, -0.2) is 16.1 Å². The van der Waals surface area contributed by atoms with Crippen LogP contribution in [0.1, 0.15) is 13.8 Å². The van der Waals surface area contributed by atoms with Crippen LogP contribution in [0.15, 0.2) is 20.7 Å². The first kappa shape index (κ1) is 14.6. The Morgan fingerprint density at radius 2 is 2.17 bits per heavy atom. The van der Waals surface area contributed by atoms with E-state index < -0.39 is 11.2 Å². The van der Waals surface area contributed by atoms with Gasteiger partial charge in [-0.3, -0.25) is 14.3 Å². The molecular formula is C11H17BrN4O2. The molecule has 6 nitrogen and oxygen atoms in total. The van der Waals surface area contributed by atoms with Gasteiger partial charge in [0.25, 0.3) is 5.56 Å². The molecule has 0 aliphatic rings. The molecule has 1 aromatic rings. The summed E-state index contributed by atoms with van der Waals surface area (Å²) in [6.45, 7) is 8.38. The van der Waals surface area contributed by atoms with Crippen molar-refractivity contribution in [2.24, 2.45) is 5.92 Å². The molecule has 0 atom stereocenters. The van der Waals surface area contributed by atoms with Gasteiger partial charge in [-0.25, -0.2) is 4.79 Å². The van der Waals surface area contributed by atoms with Crippen LogP contribution in [0.5, 0.6) is 0 Å².